The summed E-state index contributed by atoms with van der Waals surface area (Å²) < 4.78 is 0. The molecule has 5 nitrogen and oxygen atoms in total. The first-order chi connectivity index (χ1) is 15.3. The van der Waals surface area contributed by atoms with Crippen molar-refractivity contribution >= 4 is 22.6 Å². The first-order valence-electron chi connectivity index (χ1n) is 11.7. The number of anilines is 1. The van der Waals surface area contributed by atoms with E-state index in [-0.39, 0.29) is 11.3 Å². The lowest BCUT2D eigenvalue weighted by atomic mass is 9.93. The Kier molecular flexibility index (Phi) is 5.15. The molecule has 0 atom stereocenters. The van der Waals surface area contributed by atoms with E-state index in [9.17, 15) is 4.79 Å². The van der Waals surface area contributed by atoms with E-state index in [2.05, 4.69) is 63.5 Å². The number of amides is 1. The van der Waals surface area contributed by atoms with Gasteiger partial charge in [0.15, 0.2) is 0 Å². The van der Waals surface area contributed by atoms with Gasteiger partial charge in [0.05, 0.1) is 5.52 Å². The van der Waals surface area contributed by atoms with Gasteiger partial charge in [-0.1, -0.05) is 39.0 Å². The summed E-state index contributed by atoms with van der Waals surface area (Å²) in [6.07, 6.45) is 6.28. The largest absolute Gasteiger partial charge is 0.367 e. The second-order valence-corrected chi connectivity index (χ2v) is 10.4. The molecule has 166 valence electrons. The fourth-order valence-corrected chi connectivity index (χ4v) is 4.27. The fourth-order valence-electron chi connectivity index (χ4n) is 4.27. The van der Waals surface area contributed by atoms with Gasteiger partial charge in [-0.3, -0.25) is 4.79 Å². The fraction of sp³-hybridized carbons (Fsp3) is 0.444. The van der Waals surface area contributed by atoms with Crippen LogP contribution < -0.4 is 5.32 Å². The van der Waals surface area contributed by atoms with E-state index in [4.69, 9.17) is 0 Å². The standard InChI is InChI=1S/C27H32N4O/c1-17-12-24-23(25(29-16-28-24)30-20-8-9-20)14-22(17)19-7-5-6-18(13-19)15-31(21-10-11-21)26(32)27(2,3)4/h5-7,12-14,16,20-21H,8-11,15H2,1-4H3,(H,28,29,30). The highest BCUT2D eigenvalue weighted by atomic mass is 16.2. The summed E-state index contributed by atoms with van der Waals surface area (Å²) in [5.41, 5.74) is 5.33. The number of fused-ring (bicyclic) bond motifs is 1. The third-order valence-corrected chi connectivity index (χ3v) is 6.38. The third kappa shape index (κ3) is 4.34. The molecule has 0 aliphatic heterocycles. The van der Waals surface area contributed by atoms with Crippen LogP contribution in [0.1, 0.15) is 57.6 Å². The number of nitrogens with one attached hydrogen (secondary N) is 1. The van der Waals surface area contributed by atoms with Crippen molar-refractivity contribution in [3.8, 4) is 11.1 Å². The first kappa shape index (κ1) is 20.9. The molecule has 1 aromatic heterocycles. The molecular weight excluding hydrogens is 396 g/mol. The molecule has 2 aliphatic rings. The zero-order chi connectivity index (χ0) is 22.5. The van der Waals surface area contributed by atoms with Gasteiger partial charge in [-0.2, -0.15) is 0 Å². The van der Waals surface area contributed by atoms with Crippen LogP contribution in [0.2, 0.25) is 0 Å². The van der Waals surface area contributed by atoms with Crippen molar-refractivity contribution in [2.75, 3.05) is 5.32 Å². The average molecular weight is 429 g/mol. The van der Waals surface area contributed by atoms with Gasteiger partial charge in [-0.25, -0.2) is 9.97 Å². The zero-order valence-electron chi connectivity index (χ0n) is 19.5. The summed E-state index contributed by atoms with van der Waals surface area (Å²) in [4.78, 5) is 24.1. The predicted molar refractivity (Wildman–Crippen MR) is 129 cm³/mol. The topological polar surface area (TPSA) is 58.1 Å². The van der Waals surface area contributed by atoms with Gasteiger partial charge in [0.2, 0.25) is 5.91 Å². The predicted octanol–water partition coefficient (Wildman–Crippen LogP) is 5.72. The number of carbonyl (C=O) groups is 1. The maximum Gasteiger partial charge on any atom is 0.228 e. The Labute approximate surface area is 190 Å². The molecule has 2 fully saturated rings. The number of rotatable bonds is 6. The molecule has 0 unspecified atom stereocenters. The molecule has 32 heavy (non-hydrogen) atoms. The van der Waals surface area contributed by atoms with Crippen molar-refractivity contribution in [2.24, 2.45) is 5.41 Å². The molecule has 0 saturated heterocycles. The minimum absolute atomic E-state index is 0.236. The van der Waals surface area contributed by atoms with Crippen molar-refractivity contribution in [2.45, 2.75) is 72.0 Å². The second-order valence-electron chi connectivity index (χ2n) is 10.4. The highest BCUT2D eigenvalue weighted by Gasteiger charge is 2.37. The maximum absolute atomic E-state index is 13.0. The second kappa shape index (κ2) is 7.88. The smallest absolute Gasteiger partial charge is 0.228 e. The van der Waals surface area contributed by atoms with Crippen LogP contribution in [0.4, 0.5) is 5.82 Å². The maximum atomic E-state index is 13.0. The Morgan fingerprint density at radius 2 is 1.88 bits per heavy atom. The van der Waals surface area contributed by atoms with E-state index in [1.54, 1.807) is 6.33 Å². The number of carbonyl (C=O) groups excluding carboxylic acids is 1. The number of aryl methyl sites for hydroxylation is 1. The van der Waals surface area contributed by atoms with Crippen LogP contribution in [0, 0.1) is 12.3 Å². The van der Waals surface area contributed by atoms with Crippen molar-refractivity contribution in [1.29, 1.82) is 0 Å². The Bertz CT molecular complexity index is 1170. The zero-order valence-corrected chi connectivity index (χ0v) is 19.5. The number of hydrogen-bond acceptors (Lipinski definition) is 4. The average Bonchev–Trinajstić information content (AvgIpc) is 3.66. The monoisotopic (exact) mass is 428 g/mol. The quantitative estimate of drug-likeness (QED) is 0.546. The molecule has 3 aromatic rings. The summed E-state index contributed by atoms with van der Waals surface area (Å²) in [7, 11) is 0. The molecule has 0 radical (unpaired) electrons. The van der Waals surface area contributed by atoms with Crippen LogP contribution in [0.5, 0.6) is 0 Å². The van der Waals surface area contributed by atoms with Crippen LogP contribution in [0.25, 0.3) is 22.0 Å². The lowest BCUT2D eigenvalue weighted by Gasteiger charge is -2.30. The van der Waals surface area contributed by atoms with Crippen LogP contribution >= 0.6 is 0 Å². The Morgan fingerprint density at radius 3 is 2.56 bits per heavy atom. The Morgan fingerprint density at radius 1 is 1.09 bits per heavy atom. The summed E-state index contributed by atoms with van der Waals surface area (Å²) in [6, 6.07) is 13.9. The molecule has 0 bridgehead atoms. The van der Waals surface area contributed by atoms with Crippen molar-refractivity contribution in [1.82, 2.24) is 14.9 Å². The van der Waals surface area contributed by atoms with E-state index >= 15 is 0 Å². The SMILES string of the molecule is Cc1cc2ncnc(NC3CC3)c2cc1-c1cccc(CN(C(=O)C(C)(C)C)C2CC2)c1. The van der Waals surface area contributed by atoms with Crippen molar-refractivity contribution in [3.05, 3.63) is 53.9 Å². The Hall–Kier alpha value is -2.95. The Balaban J connectivity index is 1.48. The molecule has 1 N–H and O–H groups in total. The molecular formula is C27H32N4O. The minimum Gasteiger partial charge on any atom is -0.367 e. The van der Waals surface area contributed by atoms with Gasteiger partial charge >= 0.3 is 0 Å². The van der Waals surface area contributed by atoms with E-state index in [1.807, 2.05) is 20.8 Å². The van der Waals surface area contributed by atoms with Gasteiger partial charge in [0.25, 0.3) is 0 Å². The lowest BCUT2D eigenvalue weighted by molar-refractivity contribution is -0.140. The number of aromatic nitrogens is 2. The summed E-state index contributed by atoms with van der Waals surface area (Å²) >= 11 is 0. The van der Waals surface area contributed by atoms with Crippen molar-refractivity contribution in [3.63, 3.8) is 0 Å². The van der Waals surface area contributed by atoms with Crippen LogP contribution in [-0.2, 0) is 11.3 Å². The molecule has 2 aromatic carbocycles. The van der Waals surface area contributed by atoms with Crippen LogP contribution in [0.3, 0.4) is 0 Å². The van der Waals surface area contributed by atoms with Crippen LogP contribution in [0.15, 0.2) is 42.7 Å². The van der Waals surface area contributed by atoms with Gasteiger partial charge < -0.3 is 10.2 Å². The van der Waals surface area contributed by atoms with Crippen molar-refractivity contribution < 1.29 is 4.79 Å². The van der Waals surface area contributed by atoms with E-state index < -0.39 is 0 Å². The third-order valence-electron chi connectivity index (χ3n) is 6.38. The molecule has 2 saturated carbocycles. The van der Waals surface area contributed by atoms with Gasteiger partial charge in [0.1, 0.15) is 12.1 Å². The van der Waals surface area contributed by atoms with Gasteiger partial charge in [-0.15, -0.1) is 0 Å². The summed E-state index contributed by atoms with van der Waals surface area (Å²) in [5.74, 6) is 1.16. The number of benzene rings is 2. The summed E-state index contributed by atoms with van der Waals surface area (Å²) in [6.45, 7) is 8.83. The van der Waals surface area contributed by atoms with Gasteiger partial charge in [0, 0.05) is 29.4 Å². The molecule has 5 rings (SSSR count). The summed E-state index contributed by atoms with van der Waals surface area (Å²) in [5, 5.41) is 4.61. The van der Waals surface area contributed by atoms with E-state index in [1.165, 1.54) is 35.1 Å². The highest BCUT2D eigenvalue weighted by Crippen LogP contribution is 2.35. The van der Waals surface area contributed by atoms with E-state index in [0.717, 1.165) is 29.6 Å². The van der Waals surface area contributed by atoms with E-state index in [0.29, 0.717) is 18.6 Å². The molecule has 1 amide bonds. The molecule has 5 heteroatoms. The normalized spacial score (nSPS) is 16.2. The minimum atomic E-state index is -0.361. The number of nitrogens with zero attached hydrogens (tertiary/aromatic N) is 3. The molecule has 2 aliphatic carbocycles. The molecule has 0 spiro atoms. The first-order valence-corrected chi connectivity index (χ1v) is 11.7. The highest BCUT2D eigenvalue weighted by molar-refractivity contribution is 5.94. The lowest BCUT2D eigenvalue weighted by Crippen LogP contribution is -2.40. The molecule has 1 heterocycles. The van der Waals surface area contributed by atoms with Crippen LogP contribution in [-0.4, -0.2) is 32.9 Å². The number of hydrogen-bond donors (Lipinski definition) is 1. The van der Waals surface area contributed by atoms with Gasteiger partial charge in [-0.05, 0) is 73.1 Å².